The predicted molar refractivity (Wildman–Crippen MR) is 53.4 cm³/mol. The van der Waals surface area contributed by atoms with Gasteiger partial charge in [-0.1, -0.05) is 30.3 Å². The molecule has 2 heterocycles. The fraction of sp³-hybridized carbons (Fsp3) is 0.455. The smallest absolute Gasteiger partial charge is 0.123 e. The number of benzene rings is 1. The van der Waals surface area contributed by atoms with E-state index < -0.39 is 0 Å². The summed E-state index contributed by atoms with van der Waals surface area (Å²) in [5.41, 5.74) is 1.27. The highest BCUT2D eigenvalue weighted by Crippen LogP contribution is 2.37. The highest BCUT2D eigenvalue weighted by molar-refractivity contribution is 5.25. The molecule has 14 heavy (non-hydrogen) atoms. The molecule has 1 atom stereocenters. The van der Waals surface area contributed by atoms with Gasteiger partial charge in [-0.15, -0.1) is 0 Å². The first-order valence-corrected chi connectivity index (χ1v) is 5.13. The Hall–Kier alpha value is -0.900. The van der Waals surface area contributed by atoms with E-state index in [1.54, 1.807) is 0 Å². The van der Waals surface area contributed by atoms with Crippen LogP contribution in [0.5, 0.6) is 0 Å². The average molecular weight is 190 g/mol. The first-order valence-electron chi connectivity index (χ1n) is 5.13. The van der Waals surface area contributed by atoms with Crippen molar-refractivity contribution in [1.29, 1.82) is 0 Å². The molecule has 3 rings (SSSR count). The maximum absolute atomic E-state index is 5.61. The third-order valence-corrected chi connectivity index (χ3v) is 3.12. The van der Waals surface area contributed by atoms with E-state index in [1.165, 1.54) is 5.56 Å². The molecule has 0 aliphatic carbocycles. The van der Waals surface area contributed by atoms with Crippen molar-refractivity contribution in [2.24, 2.45) is 0 Å². The molecule has 1 unspecified atom stereocenters. The van der Waals surface area contributed by atoms with Crippen LogP contribution in [0.3, 0.4) is 0 Å². The van der Waals surface area contributed by atoms with Gasteiger partial charge in [0.1, 0.15) is 5.66 Å². The molecule has 0 bridgehead atoms. The predicted octanol–water partition coefficient (Wildman–Crippen LogP) is 1.08. The van der Waals surface area contributed by atoms with E-state index >= 15 is 0 Å². The van der Waals surface area contributed by atoms with Crippen molar-refractivity contribution in [2.45, 2.75) is 12.1 Å². The number of fused-ring (bicyclic) bond motifs is 1. The Morgan fingerprint density at radius 1 is 1.29 bits per heavy atom. The second-order valence-corrected chi connectivity index (χ2v) is 3.84. The Morgan fingerprint density at radius 3 is 3.00 bits per heavy atom. The van der Waals surface area contributed by atoms with Crippen molar-refractivity contribution in [3.05, 3.63) is 35.9 Å². The molecule has 1 aromatic rings. The zero-order chi connectivity index (χ0) is 9.43. The van der Waals surface area contributed by atoms with Gasteiger partial charge in [-0.3, -0.25) is 10.2 Å². The summed E-state index contributed by atoms with van der Waals surface area (Å²) < 4.78 is 0. The van der Waals surface area contributed by atoms with Crippen LogP contribution >= 0.6 is 0 Å². The van der Waals surface area contributed by atoms with Crippen LogP contribution in [0.25, 0.3) is 0 Å². The van der Waals surface area contributed by atoms with E-state index in [0.29, 0.717) is 0 Å². The lowest BCUT2D eigenvalue weighted by Crippen LogP contribution is -2.43. The van der Waals surface area contributed by atoms with Crippen molar-refractivity contribution < 1.29 is 4.84 Å². The molecule has 3 nitrogen and oxygen atoms in total. The quantitative estimate of drug-likeness (QED) is 0.717. The van der Waals surface area contributed by atoms with Crippen LogP contribution < -0.4 is 5.32 Å². The van der Waals surface area contributed by atoms with Gasteiger partial charge < -0.3 is 0 Å². The molecule has 2 aliphatic heterocycles. The monoisotopic (exact) mass is 190 g/mol. The molecule has 1 N–H and O–H groups in total. The van der Waals surface area contributed by atoms with Gasteiger partial charge in [0.15, 0.2) is 0 Å². The first kappa shape index (κ1) is 8.41. The minimum absolute atomic E-state index is 0.0404. The number of hydrogen-bond acceptors (Lipinski definition) is 3. The van der Waals surface area contributed by atoms with Crippen molar-refractivity contribution in [1.82, 2.24) is 10.4 Å². The second-order valence-electron chi connectivity index (χ2n) is 3.84. The summed E-state index contributed by atoms with van der Waals surface area (Å²) in [4.78, 5) is 5.61. The average Bonchev–Trinajstić information content (AvgIpc) is 2.77. The molecule has 0 amide bonds. The summed E-state index contributed by atoms with van der Waals surface area (Å²) in [5, 5.41) is 5.63. The van der Waals surface area contributed by atoms with Gasteiger partial charge in [0.25, 0.3) is 0 Å². The fourth-order valence-electron chi connectivity index (χ4n) is 2.44. The molecule has 2 saturated heterocycles. The number of hydroxylamine groups is 2. The molecule has 74 valence electrons. The topological polar surface area (TPSA) is 24.5 Å². The summed E-state index contributed by atoms with van der Waals surface area (Å²) in [7, 11) is 0. The van der Waals surface area contributed by atoms with Crippen LogP contribution in [0, 0.1) is 0 Å². The lowest BCUT2D eigenvalue weighted by atomic mass is 9.98. The minimum atomic E-state index is -0.0404. The SMILES string of the molecule is c1ccc(C23CCON2CCN3)cc1. The lowest BCUT2D eigenvalue weighted by molar-refractivity contribution is -0.148. The van der Waals surface area contributed by atoms with Crippen LogP contribution in [0.2, 0.25) is 0 Å². The third kappa shape index (κ3) is 1.03. The first-order chi connectivity index (χ1) is 6.92. The minimum Gasteiger partial charge on any atom is -0.297 e. The lowest BCUT2D eigenvalue weighted by Gasteiger charge is -2.30. The summed E-state index contributed by atoms with van der Waals surface area (Å²) in [6.45, 7) is 2.81. The highest BCUT2D eigenvalue weighted by atomic mass is 16.7. The zero-order valence-electron chi connectivity index (χ0n) is 8.07. The Kier molecular flexibility index (Phi) is 1.83. The zero-order valence-corrected chi connectivity index (χ0v) is 8.07. The summed E-state index contributed by atoms with van der Waals surface area (Å²) in [5.74, 6) is 0. The van der Waals surface area contributed by atoms with E-state index in [1.807, 2.05) is 0 Å². The molecular formula is C11H14N2O. The molecule has 2 aliphatic rings. The van der Waals surface area contributed by atoms with E-state index in [2.05, 4.69) is 40.7 Å². The van der Waals surface area contributed by atoms with Gasteiger partial charge in [0.2, 0.25) is 0 Å². The number of rotatable bonds is 1. The van der Waals surface area contributed by atoms with Gasteiger partial charge in [-0.2, -0.15) is 5.06 Å². The van der Waals surface area contributed by atoms with E-state index in [4.69, 9.17) is 4.84 Å². The fourth-order valence-corrected chi connectivity index (χ4v) is 2.44. The number of hydrogen-bond donors (Lipinski definition) is 1. The van der Waals surface area contributed by atoms with Gasteiger partial charge in [0, 0.05) is 19.5 Å². The van der Waals surface area contributed by atoms with Gasteiger partial charge in [-0.05, 0) is 5.56 Å². The number of nitrogens with one attached hydrogen (secondary N) is 1. The molecular weight excluding hydrogens is 176 g/mol. The maximum Gasteiger partial charge on any atom is 0.123 e. The Balaban J connectivity index is 2.03. The van der Waals surface area contributed by atoms with Crippen molar-refractivity contribution in [3.63, 3.8) is 0 Å². The molecule has 0 radical (unpaired) electrons. The number of nitrogens with zero attached hydrogens (tertiary/aromatic N) is 1. The van der Waals surface area contributed by atoms with Gasteiger partial charge in [-0.25, -0.2) is 0 Å². The van der Waals surface area contributed by atoms with Crippen molar-refractivity contribution in [2.75, 3.05) is 19.7 Å². The molecule has 0 aromatic heterocycles. The summed E-state index contributed by atoms with van der Waals surface area (Å²) >= 11 is 0. The van der Waals surface area contributed by atoms with Crippen LogP contribution in [-0.4, -0.2) is 24.8 Å². The second kappa shape index (κ2) is 3.05. The van der Waals surface area contributed by atoms with E-state index in [9.17, 15) is 0 Å². The molecule has 3 heteroatoms. The van der Waals surface area contributed by atoms with Crippen LogP contribution in [0.4, 0.5) is 0 Å². The molecule has 1 aromatic carbocycles. The summed E-state index contributed by atoms with van der Waals surface area (Å²) in [6.07, 6.45) is 1.04. The van der Waals surface area contributed by atoms with E-state index in [0.717, 1.165) is 26.1 Å². The Morgan fingerprint density at radius 2 is 2.14 bits per heavy atom. The van der Waals surface area contributed by atoms with Crippen LogP contribution in [0.1, 0.15) is 12.0 Å². The molecule has 2 fully saturated rings. The summed E-state index contributed by atoms with van der Waals surface area (Å²) in [6, 6.07) is 10.6. The largest absolute Gasteiger partial charge is 0.297 e. The van der Waals surface area contributed by atoms with E-state index in [-0.39, 0.29) is 5.66 Å². The van der Waals surface area contributed by atoms with Gasteiger partial charge >= 0.3 is 0 Å². The van der Waals surface area contributed by atoms with Crippen LogP contribution in [-0.2, 0) is 10.5 Å². The van der Waals surface area contributed by atoms with Crippen molar-refractivity contribution in [3.8, 4) is 0 Å². The highest BCUT2D eigenvalue weighted by Gasteiger charge is 2.46. The van der Waals surface area contributed by atoms with Gasteiger partial charge in [0.05, 0.1) is 6.61 Å². The van der Waals surface area contributed by atoms with Crippen molar-refractivity contribution >= 4 is 0 Å². The molecule has 0 saturated carbocycles. The third-order valence-electron chi connectivity index (χ3n) is 3.12. The van der Waals surface area contributed by atoms with Crippen LogP contribution in [0.15, 0.2) is 30.3 Å². The Labute approximate surface area is 83.6 Å². The maximum atomic E-state index is 5.61. The molecule has 0 spiro atoms. The Bertz CT molecular complexity index is 315. The standard InChI is InChI=1S/C11H14N2O/c1-2-4-10(5-3-1)11-6-9-14-13(11)8-7-12-11/h1-5,12H,6-9H2. The normalized spacial score (nSPS) is 32.0.